The second-order valence-corrected chi connectivity index (χ2v) is 11.7. The number of Topliss-reactive ketones (excluding diaryl/α,β-unsaturated/α-hetero) is 1. The van der Waals surface area contributed by atoms with Gasteiger partial charge >= 0.3 is 0 Å². The van der Waals surface area contributed by atoms with Crippen LogP contribution in [-0.4, -0.2) is 66.5 Å². The standard InChI is InChI=1S/C33H38N4O4/c1-6-41-27-12-7-23(21-26(27)33(2,3)4)30(38)28-29(22-13-15-34-16-14-22)37(32(40)31(28)39)25-10-8-24(9-11-25)36-19-17-35(5)18-20-36/h7-16,21,29,38H,6,17-20H2,1-5H3/b30-28-. The van der Waals surface area contributed by atoms with Crippen molar-refractivity contribution in [3.63, 3.8) is 0 Å². The number of benzene rings is 2. The van der Waals surface area contributed by atoms with Gasteiger partial charge in [-0.1, -0.05) is 20.8 Å². The van der Waals surface area contributed by atoms with E-state index in [0.29, 0.717) is 23.4 Å². The first-order valence-corrected chi connectivity index (χ1v) is 14.1. The van der Waals surface area contributed by atoms with Gasteiger partial charge in [0, 0.05) is 61.1 Å². The molecular formula is C33H38N4O4. The highest BCUT2D eigenvalue weighted by Crippen LogP contribution is 2.43. The van der Waals surface area contributed by atoms with Crippen LogP contribution in [0.2, 0.25) is 0 Å². The fraction of sp³-hybridized carbons (Fsp3) is 0.364. The highest BCUT2D eigenvalue weighted by molar-refractivity contribution is 6.51. The smallest absolute Gasteiger partial charge is 0.300 e. The predicted octanol–water partition coefficient (Wildman–Crippen LogP) is 5.16. The van der Waals surface area contributed by atoms with E-state index in [2.05, 4.69) is 42.6 Å². The van der Waals surface area contributed by atoms with Gasteiger partial charge in [-0.15, -0.1) is 0 Å². The molecule has 2 saturated heterocycles. The van der Waals surface area contributed by atoms with E-state index >= 15 is 0 Å². The molecule has 3 heterocycles. The van der Waals surface area contributed by atoms with Crippen LogP contribution in [0.15, 0.2) is 72.6 Å². The Hall–Kier alpha value is -4.17. The number of carbonyl (C=O) groups excluding carboxylic acids is 2. The lowest BCUT2D eigenvalue weighted by Crippen LogP contribution is -2.44. The number of hydrogen-bond acceptors (Lipinski definition) is 7. The van der Waals surface area contributed by atoms with Crippen LogP contribution >= 0.6 is 0 Å². The van der Waals surface area contributed by atoms with E-state index in [-0.39, 0.29) is 16.7 Å². The molecule has 0 saturated carbocycles. The minimum atomic E-state index is -0.808. The molecule has 41 heavy (non-hydrogen) atoms. The molecular weight excluding hydrogens is 516 g/mol. The zero-order chi connectivity index (χ0) is 29.3. The molecule has 5 rings (SSSR count). The van der Waals surface area contributed by atoms with Crippen molar-refractivity contribution in [1.29, 1.82) is 0 Å². The fourth-order valence-electron chi connectivity index (χ4n) is 5.55. The number of pyridine rings is 1. The molecule has 8 nitrogen and oxygen atoms in total. The average Bonchev–Trinajstić information content (AvgIpc) is 3.23. The lowest BCUT2D eigenvalue weighted by Gasteiger charge is -2.34. The quantitative estimate of drug-likeness (QED) is 0.256. The number of rotatable bonds is 6. The van der Waals surface area contributed by atoms with Crippen molar-refractivity contribution in [3.05, 3.63) is 89.3 Å². The third kappa shape index (κ3) is 5.57. The summed E-state index contributed by atoms with van der Waals surface area (Å²) in [7, 11) is 2.12. The molecule has 1 unspecified atom stereocenters. The molecule has 0 radical (unpaired) electrons. The zero-order valence-electron chi connectivity index (χ0n) is 24.4. The van der Waals surface area contributed by atoms with Crippen LogP contribution in [0.3, 0.4) is 0 Å². The van der Waals surface area contributed by atoms with Gasteiger partial charge in [0.25, 0.3) is 11.7 Å². The van der Waals surface area contributed by atoms with Crippen LogP contribution in [0.1, 0.15) is 50.4 Å². The second kappa shape index (κ2) is 11.4. The number of aliphatic hydroxyl groups excluding tert-OH is 1. The molecule has 2 aliphatic heterocycles. The van der Waals surface area contributed by atoms with E-state index in [4.69, 9.17) is 4.74 Å². The Morgan fingerprint density at radius 3 is 2.20 bits per heavy atom. The minimum absolute atomic E-state index is 0.0494. The fourth-order valence-corrected chi connectivity index (χ4v) is 5.55. The van der Waals surface area contributed by atoms with Gasteiger partial charge in [0.1, 0.15) is 11.5 Å². The molecule has 1 atom stereocenters. The van der Waals surface area contributed by atoms with Crippen molar-refractivity contribution in [2.75, 3.05) is 49.6 Å². The van der Waals surface area contributed by atoms with Gasteiger partial charge in [-0.3, -0.25) is 19.5 Å². The summed E-state index contributed by atoms with van der Waals surface area (Å²) in [4.78, 5) is 37.4. The first-order valence-electron chi connectivity index (χ1n) is 14.1. The van der Waals surface area contributed by atoms with Gasteiger partial charge in [0.05, 0.1) is 18.2 Å². The Labute approximate surface area is 241 Å². The number of ether oxygens (including phenoxy) is 1. The van der Waals surface area contributed by atoms with Crippen LogP contribution in [0.4, 0.5) is 11.4 Å². The number of aromatic nitrogens is 1. The maximum atomic E-state index is 13.6. The molecule has 2 aromatic carbocycles. The van der Waals surface area contributed by atoms with E-state index in [1.54, 1.807) is 30.6 Å². The summed E-state index contributed by atoms with van der Waals surface area (Å²) in [5, 5.41) is 11.7. The van der Waals surface area contributed by atoms with Crippen LogP contribution in [-0.2, 0) is 15.0 Å². The van der Waals surface area contributed by atoms with Crippen LogP contribution in [0.25, 0.3) is 5.76 Å². The molecule has 1 aromatic heterocycles. The number of hydrogen-bond donors (Lipinski definition) is 1. The van der Waals surface area contributed by atoms with E-state index in [9.17, 15) is 14.7 Å². The number of nitrogens with zero attached hydrogens (tertiary/aromatic N) is 4. The topological polar surface area (TPSA) is 86.2 Å². The van der Waals surface area contributed by atoms with Crippen molar-refractivity contribution < 1.29 is 19.4 Å². The Balaban J connectivity index is 1.59. The summed E-state index contributed by atoms with van der Waals surface area (Å²) < 4.78 is 5.85. The largest absolute Gasteiger partial charge is 0.507 e. The van der Waals surface area contributed by atoms with E-state index in [1.165, 1.54) is 4.90 Å². The highest BCUT2D eigenvalue weighted by atomic mass is 16.5. The van der Waals surface area contributed by atoms with Gasteiger partial charge in [0.2, 0.25) is 0 Å². The third-order valence-electron chi connectivity index (χ3n) is 7.82. The molecule has 8 heteroatoms. The predicted molar refractivity (Wildman–Crippen MR) is 161 cm³/mol. The lowest BCUT2D eigenvalue weighted by atomic mass is 9.84. The Bertz CT molecular complexity index is 1450. The van der Waals surface area contributed by atoms with Gasteiger partial charge in [0.15, 0.2) is 0 Å². The van der Waals surface area contributed by atoms with Gasteiger partial charge in [-0.05, 0) is 79.5 Å². The Morgan fingerprint density at radius 2 is 1.59 bits per heavy atom. The summed E-state index contributed by atoms with van der Waals surface area (Å²) in [6.07, 6.45) is 3.25. The van der Waals surface area contributed by atoms with Gasteiger partial charge in [-0.25, -0.2) is 0 Å². The SMILES string of the molecule is CCOc1ccc(/C(O)=C2/C(=O)C(=O)N(c3ccc(N4CCN(C)CC4)cc3)C2c2ccncc2)cc1C(C)(C)C. The Morgan fingerprint density at radius 1 is 0.951 bits per heavy atom. The minimum Gasteiger partial charge on any atom is -0.507 e. The van der Waals surface area contributed by atoms with Crippen LogP contribution < -0.4 is 14.5 Å². The first kappa shape index (κ1) is 28.4. The molecule has 214 valence electrons. The molecule has 2 fully saturated rings. The lowest BCUT2D eigenvalue weighted by molar-refractivity contribution is -0.132. The maximum Gasteiger partial charge on any atom is 0.300 e. The number of piperazine rings is 1. The van der Waals surface area contributed by atoms with Crippen LogP contribution in [0, 0.1) is 0 Å². The van der Waals surface area contributed by atoms with Crippen LogP contribution in [0.5, 0.6) is 5.75 Å². The van der Waals surface area contributed by atoms with Crippen molar-refractivity contribution in [3.8, 4) is 5.75 Å². The molecule has 0 spiro atoms. The summed E-state index contributed by atoms with van der Waals surface area (Å²) in [6.45, 7) is 12.5. The number of anilines is 2. The molecule has 0 bridgehead atoms. The van der Waals surface area contributed by atoms with E-state index in [0.717, 1.165) is 43.2 Å². The van der Waals surface area contributed by atoms with Crippen molar-refractivity contribution in [1.82, 2.24) is 9.88 Å². The summed E-state index contributed by atoms with van der Waals surface area (Å²) in [5.41, 5.74) is 3.48. The monoisotopic (exact) mass is 554 g/mol. The zero-order valence-corrected chi connectivity index (χ0v) is 24.4. The van der Waals surface area contributed by atoms with E-state index in [1.807, 2.05) is 43.3 Å². The molecule has 1 N–H and O–H groups in total. The number of amides is 1. The number of aliphatic hydroxyl groups is 1. The first-order chi connectivity index (χ1) is 19.6. The van der Waals surface area contributed by atoms with Crippen molar-refractivity contribution >= 4 is 28.8 Å². The van der Waals surface area contributed by atoms with Crippen molar-refractivity contribution in [2.24, 2.45) is 0 Å². The molecule has 3 aromatic rings. The molecule has 2 aliphatic rings. The Kier molecular flexibility index (Phi) is 7.87. The second-order valence-electron chi connectivity index (χ2n) is 11.7. The molecule has 0 aliphatic carbocycles. The van der Waals surface area contributed by atoms with E-state index < -0.39 is 17.7 Å². The molecule has 1 amide bonds. The third-order valence-corrected chi connectivity index (χ3v) is 7.82. The number of ketones is 1. The summed E-state index contributed by atoms with van der Waals surface area (Å²) in [6, 6.07) is 15.9. The average molecular weight is 555 g/mol. The van der Waals surface area contributed by atoms with Gasteiger partial charge in [-0.2, -0.15) is 0 Å². The van der Waals surface area contributed by atoms with Crippen molar-refractivity contribution in [2.45, 2.75) is 39.2 Å². The van der Waals surface area contributed by atoms with Gasteiger partial charge < -0.3 is 19.6 Å². The number of carbonyl (C=O) groups is 2. The summed E-state index contributed by atoms with van der Waals surface area (Å²) in [5.74, 6) is -0.889. The maximum absolute atomic E-state index is 13.6. The summed E-state index contributed by atoms with van der Waals surface area (Å²) >= 11 is 0. The number of likely N-dealkylation sites (N-methyl/N-ethyl adjacent to an activating group) is 1. The highest BCUT2D eigenvalue weighted by Gasteiger charge is 2.47. The normalized spacial score (nSPS) is 19.6.